The molecule has 1 saturated heterocycles. The Labute approximate surface area is 162 Å². The molecule has 4 nitrogen and oxygen atoms in total. The third kappa shape index (κ3) is 3.51. The Morgan fingerprint density at radius 2 is 1.82 bits per heavy atom. The molecule has 0 bridgehead atoms. The van der Waals surface area contributed by atoms with Crippen molar-refractivity contribution in [2.45, 2.75) is 38.1 Å². The van der Waals surface area contributed by atoms with Gasteiger partial charge >= 0.3 is 0 Å². The highest BCUT2D eigenvalue weighted by atomic mass is 19.1. The maximum absolute atomic E-state index is 13.6. The van der Waals surface area contributed by atoms with Gasteiger partial charge in [0.2, 0.25) is 5.91 Å². The van der Waals surface area contributed by atoms with Gasteiger partial charge in [-0.1, -0.05) is 18.6 Å². The summed E-state index contributed by atoms with van der Waals surface area (Å²) in [5, 5.41) is 2.96. The molecular weight excluding hydrogens is 362 g/mol. The monoisotopic (exact) mass is 384 g/mol. The van der Waals surface area contributed by atoms with Gasteiger partial charge in [-0.2, -0.15) is 0 Å². The van der Waals surface area contributed by atoms with Crippen LogP contribution < -0.4 is 10.2 Å². The summed E-state index contributed by atoms with van der Waals surface area (Å²) in [5.41, 5.74) is 0.330. The standard InChI is InChI=1S/C22H22F2N2O2/c23-16-5-1-4-15(12-16)20(27)25-18-7-3-9-22(14-18)10-11-26(21(22)28)19-8-2-6-17(24)13-19/h1-2,4-6,8,12-13,18H,3,7,9-11,14H2,(H,25,27)/t18-,22-/m1/s1. The van der Waals surface area contributed by atoms with E-state index in [2.05, 4.69) is 5.32 Å². The van der Waals surface area contributed by atoms with Crippen LogP contribution in [0.25, 0.3) is 0 Å². The van der Waals surface area contributed by atoms with Crippen LogP contribution in [0.3, 0.4) is 0 Å². The first-order valence-electron chi connectivity index (χ1n) is 9.61. The predicted octanol–water partition coefficient (Wildman–Crippen LogP) is 4.06. The summed E-state index contributed by atoms with van der Waals surface area (Å²) < 4.78 is 26.9. The Hall–Kier alpha value is -2.76. The van der Waals surface area contributed by atoms with Gasteiger partial charge in [-0.3, -0.25) is 9.59 Å². The van der Waals surface area contributed by atoms with Crippen molar-refractivity contribution in [2.75, 3.05) is 11.4 Å². The van der Waals surface area contributed by atoms with Crippen LogP contribution in [0.5, 0.6) is 0 Å². The van der Waals surface area contributed by atoms with Crippen LogP contribution in [0.15, 0.2) is 48.5 Å². The highest BCUT2D eigenvalue weighted by Gasteiger charge is 2.49. The van der Waals surface area contributed by atoms with E-state index in [9.17, 15) is 18.4 Å². The van der Waals surface area contributed by atoms with E-state index in [0.29, 0.717) is 25.1 Å². The zero-order chi connectivity index (χ0) is 19.7. The van der Waals surface area contributed by atoms with Crippen LogP contribution in [-0.2, 0) is 4.79 Å². The van der Waals surface area contributed by atoms with Crippen molar-refractivity contribution in [3.63, 3.8) is 0 Å². The summed E-state index contributed by atoms with van der Waals surface area (Å²) in [6.07, 6.45) is 3.63. The highest BCUT2D eigenvalue weighted by Crippen LogP contribution is 2.46. The topological polar surface area (TPSA) is 49.4 Å². The summed E-state index contributed by atoms with van der Waals surface area (Å²) in [6.45, 7) is 0.548. The van der Waals surface area contributed by atoms with Gasteiger partial charge in [-0.25, -0.2) is 8.78 Å². The average molecular weight is 384 g/mol. The van der Waals surface area contributed by atoms with E-state index in [4.69, 9.17) is 0 Å². The quantitative estimate of drug-likeness (QED) is 0.868. The van der Waals surface area contributed by atoms with E-state index in [0.717, 1.165) is 19.3 Å². The number of amides is 2. The lowest BCUT2D eigenvalue weighted by molar-refractivity contribution is -0.127. The van der Waals surface area contributed by atoms with Crippen molar-refractivity contribution in [2.24, 2.45) is 5.41 Å². The zero-order valence-corrected chi connectivity index (χ0v) is 15.5. The van der Waals surface area contributed by atoms with Gasteiger partial charge in [0.1, 0.15) is 11.6 Å². The molecule has 1 saturated carbocycles. The van der Waals surface area contributed by atoms with Crippen molar-refractivity contribution in [3.05, 3.63) is 65.7 Å². The van der Waals surface area contributed by atoms with Crippen LogP contribution in [0.4, 0.5) is 14.5 Å². The van der Waals surface area contributed by atoms with Gasteiger partial charge in [-0.05, 0) is 62.1 Å². The minimum Gasteiger partial charge on any atom is -0.349 e. The molecule has 28 heavy (non-hydrogen) atoms. The van der Waals surface area contributed by atoms with Gasteiger partial charge < -0.3 is 10.2 Å². The Bertz CT molecular complexity index is 917. The number of nitrogens with zero attached hydrogens (tertiary/aromatic N) is 1. The lowest BCUT2D eigenvalue weighted by Crippen LogP contribution is -2.46. The Morgan fingerprint density at radius 1 is 1.07 bits per heavy atom. The molecule has 2 atom stereocenters. The Balaban J connectivity index is 1.47. The fourth-order valence-electron chi connectivity index (χ4n) is 4.52. The van der Waals surface area contributed by atoms with Crippen molar-refractivity contribution in [3.8, 4) is 0 Å². The van der Waals surface area contributed by atoms with E-state index in [-0.39, 0.29) is 29.2 Å². The second kappa shape index (κ2) is 7.34. The number of nitrogens with one attached hydrogen (secondary N) is 1. The summed E-state index contributed by atoms with van der Waals surface area (Å²) >= 11 is 0. The number of anilines is 1. The minimum absolute atomic E-state index is 0.00260. The minimum atomic E-state index is -0.523. The number of halogens is 2. The Morgan fingerprint density at radius 3 is 2.57 bits per heavy atom. The van der Waals surface area contributed by atoms with Crippen molar-refractivity contribution in [1.29, 1.82) is 0 Å². The van der Waals surface area contributed by atoms with Crippen molar-refractivity contribution >= 4 is 17.5 Å². The van der Waals surface area contributed by atoms with Crippen LogP contribution >= 0.6 is 0 Å². The largest absolute Gasteiger partial charge is 0.349 e. The average Bonchev–Trinajstić information content (AvgIpc) is 2.97. The lowest BCUT2D eigenvalue weighted by atomic mass is 9.71. The molecule has 1 N–H and O–H groups in total. The van der Waals surface area contributed by atoms with Crippen LogP contribution in [0.1, 0.15) is 42.5 Å². The molecule has 0 unspecified atom stereocenters. The molecule has 1 aliphatic heterocycles. The van der Waals surface area contributed by atoms with E-state index in [1.807, 2.05) is 0 Å². The highest BCUT2D eigenvalue weighted by molar-refractivity contribution is 6.00. The summed E-state index contributed by atoms with van der Waals surface area (Å²) in [6, 6.07) is 11.5. The smallest absolute Gasteiger partial charge is 0.251 e. The molecule has 0 aromatic heterocycles. The summed E-state index contributed by atoms with van der Waals surface area (Å²) in [7, 11) is 0. The third-order valence-corrected chi connectivity index (χ3v) is 5.90. The predicted molar refractivity (Wildman–Crippen MR) is 102 cm³/mol. The third-order valence-electron chi connectivity index (χ3n) is 5.90. The van der Waals surface area contributed by atoms with Crippen LogP contribution in [0.2, 0.25) is 0 Å². The maximum Gasteiger partial charge on any atom is 0.251 e. The van der Waals surface area contributed by atoms with Gasteiger partial charge in [0.25, 0.3) is 5.91 Å². The summed E-state index contributed by atoms with van der Waals surface area (Å²) in [4.78, 5) is 27.3. The van der Waals surface area contributed by atoms with Gasteiger partial charge in [-0.15, -0.1) is 0 Å². The Kier molecular flexibility index (Phi) is 4.87. The molecule has 1 spiro atoms. The first-order chi connectivity index (χ1) is 13.5. The first kappa shape index (κ1) is 18.6. The zero-order valence-electron chi connectivity index (χ0n) is 15.5. The maximum atomic E-state index is 13.6. The second-order valence-electron chi connectivity index (χ2n) is 7.74. The number of benzene rings is 2. The number of hydrogen-bond acceptors (Lipinski definition) is 2. The SMILES string of the molecule is O=C(N[C@@H]1CCC[C@@]2(CCN(c3cccc(F)c3)C2=O)C1)c1cccc(F)c1. The molecule has 2 fully saturated rings. The first-order valence-corrected chi connectivity index (χ1v) is 9.61. The summed E-state index contributed by atoms with van der Waals surface area (Å²) in [5.74, 6) is -1.14. The molecule has 1 aliphatic carbocycles. The molecule has 2 aromatic rings. The van der Waals surface area contributed by atoms with E-state index >= 15 is 0 Å². The fourth-order valence-corrected chi connectivity index (χ4v) is 4.52. The lowest BCUT2D eigenvalue weighted by Gasteiger charge is -2.37. The van der Waals surface area contributed by atoms with Crippen LogP contribution in [0, 0.1) is 17.0 Å². The molecular formula is C22H22F2N2O2. The number of hydrogen-bond donors (Lipinski definition) is 1. The number of carbonyl (C=O) groups is 2. The number of carbonyl (C=O) groups excluding carboxylic acids is 2. The van der Waals surface area contributed by atoms with Crippen molar-refractivity contribution < 1.29 is 18.4 Å². The molecule has 2 amide bonds. The molecule has 146 valence electrons. The second-order valence-corrected chi connectivity index (χ2v) is 7.74. The van der Waals surface area contributed by atoms with Crippen molar-refractivity contribution in [1.82, 2.24) is 5.32 Å². The molecule has 2 aromatic carbocycles. The van der Waals surface area contributed by atoms with Gasteiger partial charge in [0.05, 0.1) is 5.41 Å². The van der Waals surface area contributed by atoms with E-state index in [1.165, 1.54) is 30.3 Å². The molecule has 1 heterocycles. The van der Waals surface area contributed by atoms with Gasteiger partial charge in [0.15, 0.2) is 0 Å². The van der Waals surface area contributed by atoms with E-state index < -0.39 is 11.2 Å². The number of rotatable bonds is 3. The molecule has 0 radical (unpaired) electrons. The molecule has 6 heteroatoms. The van der Waals surface area contributed by atoms with E-state index in [1.54, 1.807) is 23.1 Å². The van der Waals surface area contributed by atoms with Crippen LogP contribution in [-0.4, -0.2) is 24.4 Å². The molecule has 2 aliphatic rings. The fraction of sp³-hybridized carbons (Fsp3) is 0.364. The normalized spacial score (nSPS) is 24.6. The molecule has 4 rings (SSSR count). The van der Waals surface area contributed by atoms with Gasteiger partial charge in [0, 0.05) is 23.8 Å².